The van der Waals surface area contributed by atoms with Crippen LogP contribution in [0.4, 0.5) is 10.2 Å². The second-order valence-electron chi connectivity index (χ2n) is 3.76. The summed E-state index contributed by atoms with van der Waals surface area (Å²) in [5.41, 5.74) is -0.0446. The fraction of sp³-hybridized carbons (Fsp3) is 0.0833. The summed E-state index contributed by atoms with van der Waals surface area (Å²) in [6, 6.07) is 4.90. The van der Waals surface area contributed by atoms with Crippen LogP contribution >= 0.6 is 0 Å². The van der Waals surface area contributed by atoms with Crippen molar-refractivity contribution >= 4 is 11.7 Å². The van der Waals surface area contributed by atoms with Gasteiger partial charge in [-0.2, -0.15) is 10.4 Å². The van der Waals surface area contributed by atoms with Crippen molar-refractivity contribution in [3.05, 3.63) is 41.3 Å². The zero-order valence-electron chi connectivity index (χ0n) is 9.88. The lowest BCUT2D eigenvalue weighted by atomic mass is 10.2. The summed E-state index contributed by atoms with van der Waals surface area (Å²) in [6.45, 7) is 0. The molecule has 7 heteroatoms. The highest BCUT2D eigenvalue weighted by Crippen LogP contribution is 2.20. The molecular formula is C12H9FN4O2. The second kappa shape index (κ2) is 4.78. The van der Waals surface area contributed by atoms with Gasteiger partial charge in [-0.1, -0.05) is 0 Å². The first-order valence-corrected chi connectivity index (χ1v) is 5.25. The zero-order valence-corrected chi connectivity index (χ0v) is 9.88. The average molecular weight is 260 g/mol. The van der Waals surface area contributed by atoms with Gasteiger partial charge in [0.05, 0.1) is 11.8 Å². The molecule has 0 spiro atoms. The van der Waals surface area contributed by atoms with Crippen molar-refractivity contribution in [1.29, 1.82) is 5.26 Å². The number of phenolic OH excluding ortho intramolecular Hbond substituents is 1. The molecule has 0 unspecified atom stereocenters. The van der Waals surface area contributed by atoms with Gasteiger partial charge in [-0.3, -0.25) is 9.48 Å². The van der Waals surface area contributed by atoms with Crippen molar-refractivity contribution < 1.29 is 14.3 Å². The maximum Gasteiger partial charge on any atom is 0.260 e. The van der Waals surface area contributed by atoms with Crippen molar-refractivity contribution in [3.8, 4) is 11.8 Å². The van der Waals surface area contributed by atoms with Crippen LogP contribution < -0.4 is 5.32 Å². The van der Waals surface area contributed by atoms with Crippen LogP contribution in [0, 0.1) is 17.1 Å². The minimum atomic E-state index is -0.725. The molecule has 0 aliphatic rings. The number of aromatic hydroxyl groups is 1. The Bertz CT molecular complexity index is 688. The van der Waals surface area contributed by atoms with E-state index in [0.717, 1.165) is 18.2 Å². The fourth-order valence-electron chi connectivity index (χ4n) is 1.53. The Morgan fingerprint density at radius 2 is 2.32 bits per heavy atom. The molecule has 0 saturated carbocycles. The summed E-state index contributed by atoms with van der Waals surface area (Å²) < 4.78 is 14.3. The van der Waals surface area contributed by atoms with Gasteiger partial charge in [-0.25, -0.2) is 4.39 Å². The Morgan fingerprint density at radius 3 is 3.00 bits per heavy atom. The Morgan fingerprint density at radius 1 is 1.58 bits per heavy atom. The number of amides is 1. The molecule has 0 aliphatic heterocycles. The smallest absolute Gasteiger partial charge is 0.260 e. The minimum absolute atomic E-state index is 0.173. The van der Waals surface area contributed by atoms with Gasteiger partial charge in [0.15, 0.2) is 0 Å². The van der Waals surface area contributed by atoms with Crippen LogP contribution in [0.15, 0.2) is 24.4 Å². The normalized spacial score (nSPS) is 9.95. The van der Waals surface area contributed by atoms with E-state index in [1.807, 2.05) is 6.07 Å². The number of nitrogens with zero attached hydrogens (tertiary/aromatic N) is 3. The molecule has 1 heterocycles. The summed E-state index contributed by atoms with van der Waals surface area (Å²) in [5.74, 6) is -1.54. The number of hydrogen-bond acceptors (Lipinski definition) is 4. The van der Waals surface area contributed by atoms with Crippen molar-refractivity contribution in [1.82, 2.24) is 9.78 Å². The van der Waals surface area contributed by atoms with Crippen LogP contribution in [-0.4, -0.2) is 20.8 Å². The van der Waals surface area contributed by atoms with Crippen molar-refractivity contribution in [2.24, 2.45) is 7.05 Å². The van der Waals surface area contributed by atoms with Crippen LogP contribution in [0.3, 0.4) is 0 Å². The predicted molar refractivity (Wildman–Crippen MR) is 63.9 cm³/mol. The average Bonchev–Trinajstić information content (AvgIpc) is 2.73. The number of nitrogens with one attached hydrogen (secondary N) is 1. The number of aryl methyl sites for hydroxylation is 1. The molecule has 19 heavy (non-hydrogen) atoms. The van der Waals surface area contributed by atoms with Crippen LogP contribution in [0.1, 0.15) is 15.9 Å². The molecule has 0 fully saturated rings. The van der Waals surface area contributed by atoms with E-state index in [1.165, 1.54) is 10.9 Å². The third-order valence-corrected chi connectivity index (χ3v) is 2.49. The second-order valence-corrected chi connectivity index (χ2v) is 3.76. The molecule has 0 atom stereocenters. The number of hydrogen-bond donors (Lipinski definition) is 2. The lowest BCUT2D eigenvalue weighted by Gasteiger charge is -2.07. The summed E-state index contributed by atoms with van der Waals surface area (Å²) in [5, 5.41) is 24.6. The third-order valence-electron chi connectivity index (χ3n) is 2.49. The molecule has 2 N–H and O–H groups in total. The Balaban J connectivity index is 2.34. The van der Waals surface area contributed by atoms with Gasteiger partial charge in [0.25, 0.3) is 5.91 Å². The number of aromatic nitrogens is 2. The Labute approximate surface area is 107 Å². The summed E-state index contributed by atoms with van der Waals surface area (Å²) in [4.78, 5) is 11.9. The maximum absolute atomic E-state index is 13.1. The molecule has 1 aromatic heterocycles. The number of benzene rings is 1. The van der Waals surface area contributed by atoms with Crippen molar-refractivity contribution in [2.75, 3.05) is 5.32 Å². The van der Waals surface area contributed by atoms with Gasteiger partial charge >= 0.3 is 0 Å². The Hall–Kier alpha value is -2.88. The Kier molecular flexibility index (Phi) is 3.16. The quantitative estimate of drug-likeness (QED) is 0.853. The van der Waals surface area contributed by atoms with E-state index >= 15 is 0 Å². The fourth-order valence-corrected chi connectivity index (χ4v) is 1.53. The minimum Gasteiger partial charge on any atom is -0.507 e. The molecule has 96 valence electrons. The SMILES string of the molecule is Cn1ncc(C#N)c1NC(=O)c1cc(F)ccc1O. The highest BCUT2D eigenvalue weighted by atomic mass is 19.1. The number of halogens is 1. The van der Waals surface area contributed by atoms with Crippen LogP contribution in [-0.2, 0) is 7.05 Å². The summed E-state index contributed by atoms with van der Waals surface area (Å²) in [7, 11) is 1.54. The number of phenols is 1. The van der Waals surface area contributed by atoms with Crippen molar-refractivity contribution in [2.45, 2.75) is 0 Å². The number of rotatable bonds is 2. The maximum atomic E-state index is 13.1. The van der Waals surface area contributed by atoms with E-state index in [0.29, 0.717) is 0 Å². The van der Waals surface area contributed by atoms with E-state index in [1.54, 1.807) is 7.05 Å². The first-order valence-electron chi connectivity index (χ1n) is 5.25. The van der Waals surface area contributed by atoms with E-state index < -0.39 is 11.7 Å². The van der Waals surface area contributed by atoms with E-state index in [4.69, 9.17) is 5.26 Å². The summed E-state index contributed by atoms with van der Waals surface area (Å²) in [6.07, 6.45) is 1.29. The molecule has 1 amide bonds. The van der Waals surface area contributed by atoms with Crippen LogP contribution in [0.5, 0.6) is 5.75 Å². The molecule has 2 rings (SSSR count). The molecule has 1 aromatic carbocycles. The number of nitriles is 1. The number of carbonyl (C=O) groups excluding carboxylic acids is 1. The van der Waals surface area contributed by atoms with Crippen LogP contribution in [0.25, 0.3) is 0 Å². The van der Waals surface area contributed by atoms with Crippen LogP contribution in [0.2, 0.25) is 0 Å². The standard InChI is InChI=1S/C12H9FN4O2/c1-17-11(7(5-14)6-15-17)16-12(19)9-4-8(13)2-3-10(9)18/h2-4,6,18H,1H3,(H,16,19). The van der Waals surface area contributed by atoms with E-state index in [2.05, 4.69) is 10.4 Å². The van der Waals surface area contributed by atoms with E-state index in [-0.39, 0.29) is 22.7 Å². The molecule has 6 nitrogen and oxygen atoms in total. The van der Waals surface area contributed by atoms with Gasteiger partial charge < -0.3 is 10.4 Å². The molecular weight excluding hydrogens is 251 g/mol. The van der Waals surface area contributed by atoms with E-state index in [9.17, 15) is 14.3 Å². The monoisotopic (exact) mass is 260 g/mol. The molecule has 0 aliphatic carbocycles. The van der Waals surface area contributed by atoms with Gasteiger partial charge in [0.2, 0.25) is 0 Å². The largest absolute Gasteiger partial charge is 0.507 e. The number of anilines is 1. The lowest BCUT2D eigenvalue weighted by Crippen LogP contribution is -2.15. The highest BCUT2D eigenvalue weighted by molar-refractivity contribution is 6.06. The molecule has 0 bridgehead atoms. The molecule has 0 saturated heterocycles. The molecule has 0 radical (unpaired) electrons. The lowest BCUT2D eigenvalue weighted by molar-refractivity contribution is 0.102. The highest BCUT2D eigenvalue weighted by Gasteiger charge is 2.16. The topological polar surface area (TPSA) is 90.9 Å². The first-order chi connectivity index (χ1) is 9.02. The summed E-state index contributed by atoms with van der Waals surface area (Å²) >= 11 is 0. The van der Waals surface area contributed by atoms with Crippen molar-refractivity contribution in [3.63, 3.8) is 0 Å². The van der Waals surface area contributed by atoms with Gasteiger partial charge in [-0.15, -0.1) is 0 Å². The number of carbonyl (C=O) groups is 1. The zero-order chi connectivity index (χ0) is 14.0. The van der Waals surface area contributed by atoms with Gasteiger partial charge in [0, 0.05) is 7.05 Å². The van der Waals surface area contributed by atoms with Gasteiger partial charge in [-0.05, 0) is 18.2 Å². The van der Waals surface area contributed by atoms with Gasteiger partial charge in [0.1, 0.15) is 29.0 Å². The third kappa shape index (κ3) is 2.37. The predicted octanol–water partition coefficient (Wildman–Crippen LogP) is 1.39. The first kappa shape index (κ1) is 12.6. The molecule has 2 aromatic rings.